The van der Waals surface area contributed by atoms with Crippen molar-refractivity contribution in [1.29, 1.82) is 0 Å². The lowest BCUT2D eigenvalue weighted by Crippen LogP contribution is -2.71. The number of nitrogens with zero attached hydrogens (tertiary/aromatic N) is 2. The Hall–Kier alpha value is -1.69. The SMILES string of the molecule is CC(C)C1(N)CN(C(=O)c2ccc(=O)[nH]n2)C1. The number of aromatic nitrogens is 2. The van der Waals surface area contributed by atoms with E-state index in [0.29, 0.717) is 19.0 Å². The molecule has 1 amide bonds. The maximum Gasteiger partial charge on any atom is 0.274 e. The Balaban J connectivity index is 2.05. The number of H-pyrrole nitrogens is 1. The third kappa shape index (κ3) is 2.08. The Labute approximate surface area is 98.8 Å². The molecule has 1 aliphatic heterocycles. The average molecular weight is 236 g/mol. The molecule has 1 fully saturated rings. The summed E-state index contributed by atoms with van der Waals surface area (Å²) in [5.74, 6) is 0.137. The van der Waals surface area contributed by atoms with Crippen molar-refractivity contribution in [3.63, 3.8) is 0 Å². The second kappa shape index (κ2) is 3.96. The van der Waals surface area contributed by atoms with Crippen molar-refractivity contribution in [2.24, 2.45) is 11.7 Å². The molecule has 0 atom stereocenters. The number of carbonyl (C=O) groups is 1. The van der Waals surface area contributed by atoms with Crippen molar-refractivity contribution in [3.8, 4) is 0 Å². The average Bonchev–Trinajstić information content (AvgIpc) is 2.24. The highest BCUT2D eigenvalue weighted by molar-refractivity contribution is 5.92. The first-order valence-electron chi connectivity index (χ1n) is 5.56. The number of likely N-dealkylation sites (tertiary alicyclic amines) is 1. The van der Waals surface area contributed by atoms with Crippen molar-refractivity contribution in [1.82, 2.24) is 15.1 Å². The van der Waals surface area contributed by atoms with Gasteiger partial charge in [-0.05, 0) is 12.0 Å². The van der Waals surface area contributed by atoms with E-state index in [4.69, 9.17) is 5.73 Å². The first-order chi connectivity index (χ1) is 7.92. The lowest BCUT2D eigenvalue weighted by atomic mass is 9.80. The molecule has 92 valence electrons. The number of nitrogens with one attached hydrogen (secondary N) is 1. The normalized spacial score (nSPS) is 18.0. The predicted octanol–water partition coefficient (Wildman–Crippen LogP) is -0.421. The molecule has 1 aliphatic rings. The summed E-state index contributed by atoms with van der Waals surface area (Å²) in [5, 5.41) is 5.95. The number of amides is 1. The van der Waals surface area contributed by atoms with Gasteiger partial charge in [0.05, 0.1) is 5.54 Å². The van der Waals surface area contributed by atoms with Gasteiger partial charge >= 0.3 is 0 Å². The molecule has 2 heterocycles. The highest BCUT2D eigenvalue weighted by atomic mass is 16.2. The Morgan fingerprint density at radius 3 is 2.65 bits per heavy atom. The molecule has 17 heavy (non-hydrogen) atoms. The standard InChI is InChI=1S/C11H16N4O2/c1-7(2)11(12)5-15(6-11)10(17)8-3-4-9(16)14-13-8/h3-4,7H,5-6,12H2,1-2H3,(H,14,16). The lowest BCUT2D eigenvalue weighted by Gasteiger charge is -2.50. The van der Waals surface area contributed by atoms with Crippen LogP contribution in [0.4, 0.5) is 0 Å². The second-order valence-corrected chi connectivity index (χ2v) is 4.86. The number of rotatable bonds is 2. The number of hydrogen-bond donors (Lipinski definition) is 2. The molecule has 0 spiro atoms. The van der Waals surface area contributed by atoms with Crippen LogP contribution in [0.1, 0.15) is 24.3 Å². The van der Waals surface area contributed by atoms with Gasteiger partial charge in [-0.15, -0.1) is 0 Å². The van der Waals surface area contributed by atoms with E-state index in [2.05, 4.69) is 10.2 Å². The summed E-state index contributed by atoms with van der Waals surface area (Å²) in [6.45, 7) is 5.15. The van der Waals surface area contributed by atoms with E-state index in [9.17, 15) is 9.59 Å². The van der Waals surface area contributed by atoms with Crippen LogP contribution in [0.25, 0.3) is 0 Å². The van der Waals surface area contributed by atoms with Crippen LogP contribution in [0, 0.1) is 5.92 Å². The second-order valence-electron chi connectivity index (χ2n) is 4.86. The van der Waals surface area contributed by atoms with Crippen molar-refractivity contribution >= 4 is 5.91 Å². The topological polar surface area (TPSA) is 92.1 Å². The van der Waals surface area contributed by atoms with E-state index >= 15 is 0 Å². The van der Waals surface area contributed by atoms with Gasteiger partial charge in [0.2, 0.25) is 0 Å². The molecule has 6 nitrogen and oxygen atoms in total. The molecule has 0 aromatic carbocycles. The highest BCUT2D eigenvalue weighted by Gasteiger charge is 2.44. The third-order valence-corrected chi connectivity index (χ3v) is 3.31. The van der Waals surface area contributed by atoms with Gasteiger partial charge in [0.15, 0.2) is 0 Å². The minimum Gasteiger partial charge on any atom is -0.333 e. The molecule has 1 saturated heterocycles. The summed E-state index contributed by atoms with van der Waals surface area (Å²) in [4.78, 5) is 24.4. The van der Waals surface area contributed by atoms with Crippen LogP contribution in [0.15, 0.2) is 16.9 Å². The molecular weight excluding hydrogens is 220 g/mol. The fourth-order valence-corrected chi connectivity index (χ4v) is 1.80. The zero-order valence-electron chi connectivity index (χ0n) is 9.93. The van der Waals surface area contributed by atoms with Gasteiger partial charge in [-0.3, -0.25) is 9.59 Å². The van der Waals surface area contributed by atoms with Gasteiger partial charge < -0.3 is 10.6 Å². The Morgan fingerprint density at radius 2 is 2.18 bits per heavy atom. The molecule has 0 aliphatic carbocycles. The summed E-state index contributed by atoms with van der Waals surface area (Å²) in [7, 11) is 0. The maximum atomic E-state index is 11.9. The number of aromatic amines is 1. The predicted molar refractivity (Wildman–Crippen MR) is 62.5 cm³/mol. The van der Waals surface area contributed by atoms with Crippen LogP contribution < -0.4 is 11.3 Å². The molecule has 2 rings (SSSR count). The van der Waals surface area contributed by atoms with E-state index in [0.717, 1.165) is 0 Å². The number of hydrogen-bond acceptors (Lipinski definition) is 4. The van der Waals surface area contributed by atoms with Gasteiger partial charge in [-0.25, -0.2) is 5.10 Å². The van der Waals surface area contributed by atoms with Crippen molar-refractivity contribution in [2.75, 3.05) is 13.1 Å². The molecular formula is C11H16N4O2. The van der Waals surface area contributed by atoms with Gasteiger partial charge in [0.25, 0.3) is 11.5 Å². The van der Waals surface area contributed by atoms with Gasteiger partial charge in [-0.2, -0.15) is 5.10 Å². The van der Waals surface area contributed by atoms with Crippen LogP contribution in [0.3, 0.4) is 0 Å². The van der Waals surface area contributed by atoms with E-state index in [1.807, 2.05) is 13.8 Å². The lowest BCUT2D eigenvalue weighted by molar-refractivity contribution is 0.0268. The molecule has 3 N–H and O–H groups in total. The quantitative estimate of drug-likeness (QED) is 0.729. The summed E-state index contributed by atoms with van der Waals surface area (Å²) in [6, 6.07) is 2.71. The smallest absolute Gasteiger partial charge is 0.274 e. The zero-order chi connectivity index (χ0) is 12.6. The van der Waals surface area contributed by atoms with E-state index in [-0.39, 0.29) is 22.7 Å². The van der Waals surface area contributed by atoms with Crippen LogP contribution in [0.2, 0.25) is 0 Å². The monoisotopic (exact) mass is 236 g/mol. The summed E-state index contributed by atoms with van der Waals surface area (Å²) in [5.41, 5.74) is 5.74. The molecule has 1 aromatic rings. The van der Waals surface area contributed by atoms with E-state index < -0.39 is 0 Å². The molecule has 1 aromatic heterocycles. The number of carbonyl (C=O) groups excluding carboxylic acids is 1. The van der Waals surface area contributed by atoms with Gasteiger partial charge in [0.1, 0.15) is 5.69 Å². The summed E-state index contributed by atoms with van der Waals surface area (Å²) < 4.78 is 0. The van der Waals surface area contributed by atoms with Crippen molar-refractivity contribution in [2.45, 2.75) is 19.4 Å². The zero-order valence-corrected chi connectivity index (χ0v) is 9.93. The first kappa shape index (κ1) is 11.8. The Bertz CT molecular complexity index is 468. The Morgan fingerprint density at radius 1 is 1.53 bits per heavy atom. The molecule has 6 heteroatoms. The Kier molecular flexibility index (Phi) is 2.74. The molecule has 0 saturated carbocycles. The summed E-state index contributed by atoms with van der Waals surface area (Å²) in [6.07, 6.45) is 0. The number of nitrogens with two attached hydrogens (primary N) is 1. The highest BCUT2D eigenvalue weighted by Crippen LogP contribution is 2.26. The molecule has 0 unspecified atom stereocenters. The minimum atomic E-state index is -0.319. The van der Waals surface area contributed by atoms with Crippen LogP contribution in [-0.2, 0) is 0 Å². The fourth-order valence-electron chi connectivity index (χ4n) is 1.80. The minimum absolute atomic E-state index is 0.192. The third-order valence-electron chi connectivity index (χ3n) is 3.31. The van der Waals surface area contributed by atoms with E-state index in [1.165, 1.54) is 12.1 Å². The van der Waals surface area contributed by atoms with E-state index in [1.54, 1.807) is 4.90 Å². The fraction of sp³-hybridized carbons (Fsp3) is 0.545. The van der Waals surface area contributed by atoms with Crippen LogP contribution in [-0.4, -0.2) is 39.6 Å². The van der Waals surface area contributed by atoms with Crippen molar-refractivity contribution in [3.05, 3.63) is 28.2 Å². The van der Waals surface area contributed by atoms with Gasteiger partial charge in [0, 0.05) is 19.2 Å². The maximum absolute atomic E-state index is 11.9. The van der Waals surface area contributed by atoms with Crippen molar-refractivity contribution < 1.29 is 4.79 Å². The van der Waals surface area contributed by atoms with Crippen LogP contribution in [0.5, 0.6) is 0 Å². The largest absolute Gasteiger partial charge is 0.333 e. The first-order valence-corrected chi connectivity index (χ1v) is 5.56. The van der Waals surface area contributed by atoms with Crippen LogP contribution >= 0.6 is 0 Å². The molecule has 0 bridgehead atoms. The van der Waals surface area contributed by atoms with Gasteiger partial charge in [-0.1, -0.05) is 13.8 Å². The summed E-state index contributed by atoms with van der Waals surface area (Å²) >= 11 is 0. The molecule has 0 radical (unpaired) electrons.